The Bertz CT molecular complexity index is 990. The van der Waals surface area contributed by atoms with Gasteiger partial charge in [0.1, 0.15) is 53.3 Å². The second kappa shape index (κ2) is 7.33. The van der Waals surface area contributed by atoms with Crippen LogP contribution in [-0.4, -0.2) is 72.6 Å². The van der Waals surface area contributed by atoms with Crippen molar-refractivity contribution >= 4 is 5.78 Å². The van der Waals surface area contributed by atoms with Crippen molar-refractivity contribution in [1.29, 1.82) is 0 Å². The van der Waals surface area contributed by atoms with Gasteiger partial charge >= 0.3 is 0 Å². The zero-order valence-electron chi connectivity index (χ0n) is 15.4. The molecule has 2 aromatic carbocycles. The Morgan fingerprint density at radius 3 is 2.30 bits per heavy atom. The lowest BCUT2D eigenvalue weighted by Crippen LogP contribution is -2.58. The highest BCUT2D eigenvalue weighted by molar-refractivity contribution is 6.04. The zero-order chi connectivity index (χ0) is 21.7. The number of carbonyl (C=O) groups is 1. The van der Waals surface area contributed by atoms with E-state index in [2.05, 4.69) is 0 Å². The van der Waals surface area contributed by atoms with Gasteiger partial charge < -0.3 is 45.2 Å². The molecular formula is C20H20O10. The fraction of sp³-hybridized carbons (Fsp3) is 0.350. The number of rotatable bonds is 2. The predicted octanol–water partition coefficient (Wildman–Crippen LogP) is -0.0769. The number of ether oxygens (including phenoxy) is 2. The van der Waals surface area contributed by atoms with Gasteiger partial charge in [0, 0.05) is 12.1 Å². The Morgan fingerprint density at radius 2 is 1.60 bits per heavy atom. The summed E-state index contributed by atoms with van der Waals surface area (Å²) in [6.45, 7) is -0.353. The number of aromatic hydroxyl groups is 4. The second-order valence-electron chi connectivity index (χ2n) is 7.36. The van der Waals surface area contributed by atoms with E-state index in [0.29, 0.717) is 0 Å². The molecule has 2 aliphatic heterocycles. The lowest BCUT2D eigenvalue weighted by atomic mass is 9.77. The van der Waals surface area contributed by atoms with Gasteiger partial charge in [-0.05, 0) is 17.7 Å². The number of hydrogen-bond acceptors (Lipinski definition) is 10. The maximum Gasteiger partial charge on any atom is 0.180 e. The molecule has 2 heterocycles. The van der Waals surface area contributed by atoms with Crippen LogP contribution in [0.25, 0.3) is 0 Å². The number of phenolic OH excluding ortho intramolecular Hbond substituents is 4. The fourth-order valence-electron chi connectivity index (χ4n) is 3.90. The number of phenols is 4. The van der Waals surface area contributed by atoms with Gasteiger partial charge in [0.2, 0.25) is 0 Å². The first-order valence-electron chi connectivity index (χ1n) is 9.13. The SMILES string of the molecule is O=C1c2c(O)cc(O)cc2O[C@H](c2ccc(O)c(O)c2)[C@H]1[C@H]1OC[C@H](O)[C@@H](O)[C@H]1O. The summed E-state index contributed by atoms with van der Waals surface area (Å²) in [5.41, 5.74) is -0.0120. The second-order valence-corrected chi connectivity index (χ2v) is 7.36. The maximum absolute atomic E-state index is 13.3. The molecule has 1 fully saturated rings. The Labute approximate surface area is 169 Å². The number of carbonyl (C=O) groups excluding carboxylic acids is 1. The Balaban J connectivity index is 1.84. The van der Waals surface area contributed by atoms with Crippen molar-refractivity contribution in [3.8, 4) is 28.7 Å². The molecule has 10 heteroatoms. The molecular weight excluding hydrogens is 400 g/mol. The van der Waals surface area contributed by atoms with Gasteiger partial charge in [-0.25, -0.2) is 0 Å². The van der Waals surface area contributed by atoms with Crippen molar-refractivity contribution in [2.75, 3.05) is 6.61 Å². The standard InChI is InChI=1S/C20H20O10/c21-8-4-11(24)14-13(5-8)30-19(7-1-2-9(22)10(23)3-7)15(17(14)27)20-18(28)16(26)12(25)6-29-20/h1-5,12,15-16,18-26,28H,6H2/t12-,15-,16+,18+,19+,20+/m0/s1. The van der Waals surface area contributed by atoms with Crippen LogP contribution in [0.2, 0.25) is 0 Å². The van der Waals surface area contributed by atoms with Gasteiger partial charge in [-0.2, -0.15) is 0 Å². The van der Waals surface area contributed by atoms with Gasteiger partial charge in [-0.1, -0.05) is 6.07 Å². The van der Waals surface area contributed by atoms with Crippen LogP contribution in [0.3, 0.4) is 0 Å². The first-order chi connectivity index (χ1) is 14.2. The lowest BCUT2D eigenvalue weighted by molar-refractivity contribution is -0.203. The van der Waals surface area contributed by atoms with Crippen molar-refractivity contribution in [2.24, 2.45) is 5.92 Å². The predicted molar refractivity (Wildman–Crippen MR) is 98.5 cm³/mol. The number of hydrogen-bond donors (Lipinski definition) is 7. The van der Waals surface area contributed by atoms with E-state index in [1.54, 1.807) is 0 Å². The van der Waals surface area contributed by atoms with E-state index >= 15 is 0 Å². The normalized spacial score (nSPS) is 31.1. The smallest absolute Gasteiger partial charge is 0.180 e. The summed E-state index contributed by atoms with van der Waals surface area (Å²) in [6.07, 6.45) is -7.09. The van der Waals surface area contributed by atoms with E-state index < -0.39 is 59.5 Å². The summed E-state index contributed by atoms with van der Waals surface area (Å²) in [6, 6.07) is 5.82. The van der Waals surface area contributed by atoms with Gasteiger partial charge in [0.15, 0.2) is 17.3 Å². The summed E-state index contributed by atoms with van der Waals surface area (Å²) in [5.74, 6) is -3.89. The first kappa shape index (κ1) is 20.2. The van der Waals surface area contributed by atoms with Crippen LogP contribution in [0.4, 0.5) is 0 Å². The summed E-state index contributed by atoms with van der Waals surface area (Å²) < 4.78 is 11.3. The summed E-state index contributed by atoms with van der Waals surface area (Å²) in [5, 5.41) is 69.7. The molecule has 1 saturated heterocycles. The topological polar surface area (TPSA) is 177 Å². The van der Waals surface area contributed by atoms with E-state index in [9.17, 15) is 40.5 Å². The van der Waals surface area contributed by atoms with Crippen LogP contribution < -0.4 is 4.74 Å². The minimum Gasteiger partial charge on any atom is -0.508 e. The molecule has 6 atom stereocenters. The molecule has 7 N–H and O–H groups in total. The highest BCUT2D eigenvalue weighted by Crippen LogP contribution is 2.47. The van der Waals surface area contributed by atoms with Crippen molar-refractivity contribution in [2.45, 2.75) is 30.5 Å². The third kappa shape index (κ3) is 3.19. The Morgan fingerprint density at radius 1 is 0.867 bits per heavy atom. The largest absolute Gasteiger partial charge is 0.508 e. The van der Waals surface area contributed by atoms with Crippen LogP contribution in [0.5, 0.6) is 28.7 Å². The molecule has 4 rings (SSSR count). The van der Waals surface area contributed by atoms with Gasteiger partial charge in [0.05, 0.1) is 12.5 Å². The van der Waals surface area contributed by atoms with E-state index in [-0.39, 0.29) is 29.2 Å². The van der Waals surface area contributed by atoms with Crippen LogP contribution >= 0.6 is 0 Å². The molecule has 2 aromatic rings. The zero-order valence-corrected chi connectivity index (χ0v) is 15.4. The quantitative estimate of drug-likeness (QED) is 0.325. The van der Waals surface area contributed by atoms with Crippen LogP contribution in [0.15, 0.2) is 30.3 Å². The molecule has 0 unspecified atom stereocenters. The number of aliphatic hydroxyl groups is 3. The fourth-order valence-corrected chi connectivity index (χ4v) is 3.90. The van der Waals surface area contributed by atoms with E-state index in [1.807, 2.05) is 0 Å². The number of fused-ring (bicyclic) bond motifs is 1. The molecule has 0 aliphatic carbocycles. The summed E-state index contributed by atoms with van der Waals surface area (Å²) >= 11 is 0. The molecule has 0 amide bonds. The van der Waals surface area contributed by atoms with Crippen LogP contribution in [0.1, 0.15) is 22.0 Å². The van der Waals surface area contributed by atoms with E-state index in [4.69, 9.17) is 9.47 Å². The van der Waals surface area contributed by atoms with Gasteiger partial charge in [-0.3, -0.25) is 4.79 Å². The van der Waals surface area contributed by atoms with Gasteiger partial charge in [0.25, 0.3) is 0 Å². The van der Waals surface area contributed by atoms with Crippen molar-refractivity contribution in [3.63, 3.8) is 0 Å². The number of ketones is 1. The first-order valence-corrected chi connectivity index (χ1v) is 9.13. The highest BCUT2D eigenvalue weighted by atomic mass is 16.5. The summed E-state index contributed by atoms with van der Waals surface area (Å²) in [4.78, 5) is 13.3. The number of aliphatic hydroxyl groups excluding tert-OH is 3. The summed E-state index contributed by atoms with van der Waals surface area (Å²) in [7, 11) is 0. The molecule has 0 spiro atoms. The lowest BCUT2D eigenvalue weighted by Gasteiger charge is -2.43. The van der Waals surface area contributed by atoms with Gasteiger partial charge in [-0.15, -0.1) is 0 Å². The molecule has 0 aromatic heterocycles. The maximum atomic E-state index is 13.3. The monoisotopic (exact) mass is 420 g/mol. The minimum atomic E-state index is -1.65. The Kier molecular flexibility index (Phi) is 4.94. The van der Waals surface area contributed by atoms with Crippen molar-refractivity contribution < 1.29 is 50.0 Å². The molecule has 0 bridgehead atoms. The van der Waals surface area contributed by atoms with Crippen LogP contribution in [0, 0.1) is 5.92 Å². The third-order valence-electron chi connectivity index (χ3n) is 5.42. The number of Topliss-reactive ketones (excluding diaryl/α,β-unsaturated/α-hetero) is 1. The molecule has 0 saturated carbocycles. The minimum absolute atomic E-state index is 0.128. The molecule has 0 radical (unpaired) electrons. The Hall–Kier alpha value is -3.05. The van der Waals surface area contributed by atoms with E-state index in [1.165, 1.54) is 12.1 Å². The van der Waals surface area contributed by atoms with Crippen molar-refractivity contribution in [1.82, 2.24) is 0 Å². The average Bonchev–Trinajstić information content (AvgIpc) is 2.68. The molecule has 2 aliphatic rings. The molecule has 160 valence electrons. The highest BCUT2D eigenvalue weighted by Gasteiger charge is 2.51. The van der Waals surface area contributed by atoms with Crippen molar-refractivity contribution in [3.05, 3.63) is 41.5 Å². The number of benzene rings is 2. The van der Waals surface area contributed by atoms with Crippen LogP contribution in [-0.2, 0) is 4.74 Å². The molecule has 10 nitrogen and oxygen atoms in total. The third-order valence-corrected chi connectivity index (χ3v) is 5.42. The molecule has 30 heavy (non-hydrogen) atoms. The average molecular weight is 420 g/mol. The van der Waals surface area contributed by atoms with E-state index in [0.717, 1.165) is 18.2 Å².